The van der Waals surface area contributed by atoms with Crippen LogP contribution in [0.1, 0.15) is 5.56 Å². The molecule has 0 radical (unpaired) electrons. The lowest BCUT2D eigenvalue weighted by Gasteiger charge is -2.16. The SMILES string of the molecule is CN(Cc1cn[nH]c1-c1ccccc1)S(=O)(=O)c1cnc2ccccn12. The first-order chi connectivity index (χ1) is 12.6. The summed E-state index contributed by atoms with van der Waals surface area (Å²) in [5, 5.41) is 7.18. The normalized spacial score (nSPS) is 12.1. The number of hydrogen-bond donors (Lipinski definition) is 1. The number of aromatic amines is 1. The van der Waals surface area contributed by atoms with E-state index in [0.717, 1.165) is 16.8 Å². The van der Waals surface area contributed by atoms with E-state index in [9.17, 15) is 8.42 Å². The molecule has 0 spiro atoms. The smallest absolute Gasteiger partial charge is 0.260 e. The van der Waals surface area contributed by atoms with E-state index < -0.39 is 10.0 Å². The van der Waals surface area contributed by atoms with E-state index in [1.54, 1.807) is 36.0 Å². The Kier molecular flexibility index (Phi) is 4.06. The number of nitrogens with one attached hydrogen (secondary N) is 1. The molecule has 1 N–H and O–H groups in total. The monoisotopic (exact) mass is 367 g/mol. The average Bonchev–Trinajstić information content (AvgIpc) is 3.29. The number of nitrogens with zero attached hydrogens (tertiary/aromatic N) is 4. The fourth-order valence-corrected chi connectivity index (χ4v) is 4.09. The summed E-state index contributed by atoms with van der Waals surface area (Å²) in [5.74, 6) is 0. The zero-order chi connectivity index (χ0) is 18.1. The lowest BCUT2D eigenvalue weighted by atomic mass is 10.1. The Balaban J connectivity index is 1.67. The number of fused-ring (bicyclic) bond motifs is 1. The maximum absolute atomic E-state index is 13.0. The Labute approximate surface area is 151 Å². The first-order valence-electron chi connectivity index (χ1n) is 8.03. The molecule has 0 saturated carbocycles. The van der Waals surface area contributed by atoms with Gasteiger partial charge in [0.15, 0.2) is 5.03 Å². The minimum atomic E-state index is -3.71. The van der Waals surface area contributed by atoms with Crippen LogP contribution in [0.3, 0.4) is 0 Å². The molecule has 0 fully saturated rings. The van der Waals surface area contributed by atoms with Crippen molar-refractivity contribution in [2.24, 2.45) is 0 Å². The number of benzene rings is 1. The van der Waals surface area contributed by atoms with Crippen molar-refractivity contribution in [3.63, 3.8) is 0 Å². The number of H-pyrrole nitrogens is 1. The van der Waals surface area contributed by atoms with Crippen molar-refractivity contribution < 1.29 is 8.42 Å². The van der Waals surface area contributed by atoms with Gasteiger partial charge in [-0.2, -0.15) is 9.40 Å². The molecule has 0 bridgehead atoms. The van der Waals surface area contributed by atoms with Crippen LogP contribution in [0.4, 0.5) is 0 Å². The summed E-state index contributed by atoms with van der Waals surface area (Å²) in [5.41, 5.74) is 3.16. The van der Waals surface area contributed by atoms with Gasteiger partial charge in [-0.25, -0.2) is 13.4 Å². The summed E-state index contributed by atoms with van der Waals surface area (Å²) in [7, 11) is -2.15. The van der Waals surface area contributed by atoms with Gasteiger partial charge in [-0.3, -0.25) is 9.50 Å². The van der Waals surface area contributed by atoms with Gasteiger partial charge in [0.2, 0.25) is 0 Å². The number of rotatable bonds is 5. The molecule has 0 saturated heterocycles. The van der Waals surface area contributed by atoms with E-state index in [4.69, 9.17) is 0 Å². The minimum Gasteiger partial charge on any atom is -0.289 e. The second-order valence-electron chi connectivity index (χ2n) is 5.92. The molecule has 0 aliphatic carbocycles. The molecule has 0 atom stereocenters. The van der Waals surface area contributed by atoms with Gasteiger partial charge in [0.25, 0.3) is 10.0 Å². The van der Waals surface area contributed by atoms with Crippen molar-refractivity contribution in [3.8, 4) is 11.3 Å². The largest absolute Gasteiger partial charge is 0.289 e. The maximum atomic E-state index is 13.0. The quantitative estimate of drug-likeness (QED) is 0.588. The number of hydrogen-bond acceptors (Lipinski definition) is 4. The van der Waals surface area contributed by atoms with Crippen LogP contribution in [0.5, 0.6) is 0 Å². The van der Waals surface area contributed by atoms with Crippen molar-refractivity contribution in [1.82, 2.24) is 23.9 Å². The number of imidazole rings is 1. The summed E-state index contributed by atoms with van der Waals surface area (Å²) in [6.07, 6.45) is 4.73. The third-order valence-corrected chi connectivity index (χ3v) is 6.01. The van der Waals surface area contributed by atoms with Crippen LogP contribution in [-0.4, -0.2) is 39.4 Å². The Morgan fingerprint density at radius 2 is 1.85 bits per heavy atom. The molecule has 7 nitrogen and oxygen atoms in total. The summed E-state index contributed by atoms with van der Waals surface area (Å²) >= 11 is 0. The summed E-state index contributed by atoms with van der Waals surface area (Å²) in [6.45, 7) is 0.198. The van der Waals surface area contributed by atoms with Crippen LogP contribution < -0.4 is 0 Å². The topological polar surface area (TPSA) is 83.4 Å². The van der Waals surface area contributed by atoms with Crippen LogP contribution in [-0.2, 0) is 16.6 Å². The maximum Gasteiger partial charge on any atom is 0.260 e. The van der Waals surface area contributed by atoms with Gasteiger partial charge in [0, 0.05) is 25.4 Å². The second kappa shape index (κ2) is 6.40. The van der Waals surface area contributed by atoms with Crippen LogP contribution in [0.25, 0.3) is 16.9 Å². The lowest BCUT2D eigenvalue weighted by Crippen LogP contribution is -2.27. The van der Waals surface area contributed by atoms with E-state index in [2.05, 4.69) is 15.2 Å². The predicted molar refractivity (Wildman–Crippen MR) is 97.9 cm³/mol. The molecule has 0 aliphatic rings. The van der Waals surface area contributed by atoms with Crippen molar-refractivity contribution in [2.75, 3.05) is 7.05 Å². The molecule has 0 aliphatic heterocycles. The summed E-state index contributed by atoms with van der Waals surface area (Å²) in [6, 6.07) is 15.1. The third-order valence-electron chi connectivity index (χ3n) is 4.23. The Morgan fingerprint density at radius 3 is 2.65 bits per heavy atom. The molecule has 132 valence electrons. The van der Waals surface area contributed by atoms with E-state index in [1.807, 2.05) is 36.4 Å². The molecule has 0 amide bonds. The highest BCUT2D eigenvalue weighted by Crippen LogP contribution is 2.24. The number of sulfonamides is 1. The van der Waals surface area contributed by atoms with E-state index in [0.29, 0.717) is 5.65 Å². The first-order valence-corrected chi connectivity index (χ1v) is 9.47. The van der Waals surface area contributed by atoms with Crippen molar-refractivity contribution >= 4 is 15.7 Å². The molecule has 3 aromatic heterocycles. The number of pyridine rings is 1. The van der Waals surface area contributed by atoms with Gasteiger partial charge >= 0.3 is 0 Å². The molecule has 8 heteroatoms. The lowest BCUT2D eigenvalue weighted by molar-refractivity contribution is 0.463. The van der Waals surface area contributed by atoms with Crippen molar-refractivity contribution in [1.29, 1.82) is 0 Å². The summed E-state index contributed by atoms with van der Waals surface area (Å²) in [4.78, 5) is 4.17. The molecule has 4 aromatic rings. The molecule has 4 rings (SSSR count). The fraction of sp³-hybridized carbons (Fsp3) is 0.111. The molecular formula is C18H17N5O2S. The molecule has 26 heavy (non-hydrogen) atoms. The van der Waals surface area contributed by atoms with Crippen LogP contribution >= 0.6 is 0 Å². The number of aromatic nitrogens is 4. The van der Waals surface area contributed by atoms with Crippen LogP contribution in [0.15, 0.2) is 72.1 Å². The highest BCUT2D eigenvalue weighted by Gasteiger charge is 2.26. The average molecular weight is 367 g/mol. The highest BCUT2D eigenvalue weighted by atomic mass is 32.2. The summed E-state index contributed by atoms with van der Waals surface area (Å²) < 4.78 is 28.9. The Morgan fingerprint density at radius 1 is 1.08 bits per heavy atom. The highest BCUT2D eigenvalue weighted by molar-refractivity contribution is 7.89. The molecular weight excluding hydrogens is 350 g/mol. The zero-order valence-corrected chi connectivity index (χ0v) is 14.9. The van der Waals surface area contributed by atoms with E-state index >= 15 is 0 Å². The van der Waals surface area contributed by atoms with Gasteiger partial charge in [-0.1, -0.05) is 36.4 Å². The first kappa shape index (κ1) is 16.5. The van der Waals surface area contributed by atoms with Gasteiger partial charge in [0.05, 0.1) is 18.1 Å². The van der Waals surface area contributed by atoms with Gasteiger partial charge in [-0.05, 0) is 17.7 Å². The van der Waals surface area contributed by atoms with Crippen molar-refractivity contribution in [3.05, 3.63) is 72.7 Å². The third kappa shape index (κ3) is 2.79. The van der Waals surface area contributed by atoms with Gasteiger partial charge < -0.3 is 0 Å². The van der Waals surface area contributed by atoms with Crippen molar-refractivity contribution in [2.45, 2.75) is 11.6 Å². The standard InChI is InChI=1S/C18H17N5O2S/c1-22(13-15-11-20-21-18(15)14-7-3-2-4-8-14)26(24,25)17-12-19-16-9-5-6-10-23(16)17/h2-12H,13H2,1H3,(H,20,21). The zero-order valence-electron chi connectivity index (χ0n) is 14.1. The van der Waals surface area contributed by atoms with Crippen LogP contribution in [0.2, 0.25) is 0 Å². The second-order valence-corrected chi connectivity index (χ2v) is 7.91. The molecule has 0 unspecified atom stereocenters. The van der Waals surface area contributed by atoms with Gasteiger partial charge in [0.1, 0.15) is 5.65 Å². The van der Waals surface area contributed by atoms with E-state index in [-0.39, 0.29) is 11.6 Å². The van der Waals surface area contributed by atoms with Gasteiger partial charge in [-0.15, -0.1) is 0 Å². The Hall–Kier alpha value is -2.97. The fourth-order valence-electron chi connectivity index (χ4n) is 2.87. The predicted octanol–water partition coefficient (Wildman–Crippen LogP) is 2.55. The molecule has 3 heterocycles. The minimum absolute atomic E-state index is 0.139. The Bertz CT molecular complexity index is 1150. The molecule has 1 aromatic carbocycles. The van der Waals surface area contributed by atoms with Crippen LogP contribution in [0, 0.1) is 0 Å². The van der Waals surface area contributed by atoms with E-state index in [1.165, 1.54) is 10.5 Å².